The molecule has 0 atom stereocenters. The van der Waals surface area contributed by atoms with E-state index in [0.29, 0.717) is 34.6 Å². The first-order valence-corrected chi connectivity index (χ1v) is 6.68. The Bertz CT molecular complexity index is 673. The molecule has 6 heteroatoms. The fourth-order valence-corrected chi connectivity index (χ4v) is 1.98. The van der Waals surface area contributed by atoms with Crippen molar-refractivity contribution >= 4 is 11.6 Å². The third-order valence-electron chi connectivity index (χ3n) is 3.10. The molecule has 1 aromatic heterocycles. The van der Waals surface area contributed by atoms with E-state index in [-0.39, 0.29) is 18.3 Å². The van der Waals surface area contributed by atoms with Crippen LogP contribution in [0, 0.1) is 12.7 Å². The second-order valence-corrected chi connectivity index (χ2v) is 4.66. The molecule has 5 nitrogen and oxygen atoms in total. The number of nitrogens with one attached hydrogen (secondary N) is 1. The average Bonchev–Trinajstić information content (AvgIpc) is 2.49. The smallest absolute Gasteiger partial charge is 0.257 e. The minimum atomic E-state index is -0.383. The first-order chi connectivity index (χ1) is 10.0. The number of halogens is 1. The quantitative estimate of drug-likeness (QED) is 0.903. The van der Waals surface area contributed by atoms with Gasteiger partial charge in [0.05, 0.1) is 17.0 Å². The van der Waals surface area contributed by atoms with Crippen LogP contribution in [0.25, 0.3) is 0 Å². The van der Waals surface area contributed by atoms with Crippen LogP contribution in [0.1, 0.15) is 34.2 Å². The zero-order valence-electron chi connectivity index (χ0n) is 12.0. The number of aryl methyl sites for hydroxylation is 2. The van der Waals surface area contributed by atoms with Gasteiger partial charge >= 0.3 is 0 Å². The lowest BCUT2D eigenvalue weighted by molar-refractivity contribution is 0.102. The molecule has 0 aliphatic rings. The number of benzene rings is 1. The standard InChI is InChI=1S/C15H17FN4O/c1-3-14-12(6-9(2)19-20-14)15(21)18-11-4-5-13(16)10(7-11)8-17/h4-7H,3,8,17H2,1-2H3,(H,18,21). The van der Waals surface area contributed by atoms with E-state index >= 15 is 0 Å². The second-order valence-electron chi connectivity index (χ2n) is 4.66. The van der Waals surface area contributed by atoms with Gasteiger partial charge in [-0.25, -0.2) is 4.39 Å². The summed E-state index contributed by atoms with van der Waals surface area (Å²) in [5.74, 6) is -0.675. The molecule has 2 rings (SSSR count). The van der Waals surface area contributed by atoms with Gasteiger partial charge in [-0.15, -0.1) is 0 Å². The van der Waals surface area contributed by atoms with Crippen molar-refractivity contribution < 1.29 is 9.18 Å². The summed E-state index contributed by atoms with van der Waals surface area (Å²) in [7, 11) is 0. The van der Waals surface area contributed by atoms with E-state index < -0.39 is 0 Å². The number of rotatable bonds is 4. The maximum Gasteiger partial charge on any atom is 0.257 e. The summed E-state index contributed by atoms with van der Waals surface area (Å²) < 4.78 is 13.4. The van der Waals surface area contributed by atoms with Gasteiger partial charge in [0.1, 0.15) is 5.82 Å². The highest BCUT2D eigenvalue weighted by Crippen LogP contribution is 2.16. The van der Waals surface area contributed by atoms with Crippen molar-refractivity contribution in [1.29, 1.82) is 0 Å². The number of carbonyl (C=O) groups is 1. The molecular weight excluding hydrogens is 271 g/mol. The first kappa shape index (κ1) is 15.1. The minimum Gasteiger partial charge on any atom is -0.326 e. The van der Waals surface area contributed by atoms with Gasteiger partial charge in [0.25, 0.3) is 5.91 Å². The Labute approximate surface area is 122 Å². The molecule has 0 aliphatic carbocycles. The Morgan fingerprint density at radius 2 is 2.10 bits per heavy atom. The molecule has 3 N–H and O–H groups in total. The largest absolute Gasteiger partial charge is 0.326 e. The van der Waals surface area contributed by atoms with Crippen molar-refractivity contribution in [2.45, 2.75) is 26.8 Å². The van der Waals surface area contributed by atoms with Crippen LogP contribution in [0.2, 0.25) is 0 Å². The second kappa shape index (κ2) is 6.41. The van der Waals surface area contributed by atoms with Crippen molar-refractivity contribution in [3.05, 3.63) is 52.6 Å². The van der Waals surface area contributed by atoms with Crippen molar-refractivity contribution in [2.24, 2.45) is 5.73 Å². The summed E-state index contributed by atoms with van der Waals surface area (Å²) in [5, 5.41) is 10.7. The van der Waals surface area contributed by atoms with Crippen molar-refractivity contribution in [2.75, 3.05) is 5.32 Å². The molecule has 1 amide bonds. The molecule has 21 heavy (non-hydrogen) atoms. The predicted molar refractivity (Wildman–Crippen MR) is 78.4 cm³/mol. The van der Waals surface area contributed by atoms with Crippen LogP contribution in [-0.4, -0.2) is 16.1 Å². The van der Waals surface area contributed by atoms with E-state index in [1.165, 1.54) is 18.2 Å². The van der Waals surface area contributed by atoms with Gasteiger partial charge in [0.2, 0.25) is 0 Å². The number of hydrogen-bond donors (Lipinski definition) is 2. The van der Waals surface area contributed by atoms with E-state index in [2.05, 4.69) is 15.5 Å². The molecule has 0 radical (unpaired) electrons. The van der Waals surface area contributed by atoms with Crippen molar-refractivity contribution in [3.63, 3.8) is 0 Å². The lowest BCUT2D eigenvalue weighted by atomic mass is 10.1. The molecule has 0 fully saturated rings. The van der Waals surface area contributed by atoms with Crippen LogP contribution in [0.15, 0.2) is 24.3 Å². The number of hydrogen-bond acceptors (Lipinski definition) is 4. The van der Waals surface area contributed by atoms with Gasteiger partial charge < -0.3 is 11.1 Å². The Hall–Kier alpha value is -2.34. The summed E-state index contributed by atoms with van der Waals surface area (Å²) in [6.07, 6.45) is 0.605. The van der Waals surface area contributed by atoms with Crippen LogP contribution in [0.3, 0.4) is 0 Å². The highest BCUT2D eigenvalue weighted by Gasteiger charge is 2.13. The molecule has 0 spiro atoms. The average molecular weight is 288 g/mol. The van der Waals surface area contributed by atoms with E-state index in [1.807, 2.05) is 6.92 Å². The SMILES string of the molecule is CCc1nnc(C)cc1C(=O)Nc1ccc(F)c(CN)c1. The fourth-order valence-electron chi connectivity index (χ4n) is 1.98. The predicted octanol–water partition coefficient (Wildman–Crippen LogP) is 2.20. The fraction of sp³-hybridized carbons (Fsp3) is 0.267. The summed E-state index contributed by atoms with van der Waals surface area (Å²) in [4.78, 5) is 12.3. The Morgan fingerprint density at radius 1 is 1.33 bits per heavy atom. The van der Waals surface area contributed by atoms with Crippen LogP contribution < -0.4 is 11.1 Å². The number of amides is 1. The molecule has 0 unspecified atom stereocenters. The molecule has 0 aliphatic heterocycles. The Balaban J connectivity index is 2.28. The molecule has 0 saturated heterocycles. The van der Waals surface area contributed by atoms with Gasteiger partial charge in [0.15, 0.2) is 0 Å². The molecule has 110 valence electrons. The van der Waals surface area contributed by atoms with Gasteiger partial charge in [-0.3, -0.25) is 4.79 Å². The van der Waals surface area contributed by atoms with Crippen LogP contribution in [0.5, 0.6) is 0 Å². The topological polar surface area (TPSA) is 80.9 Å². The zero-order chi connectivity index (χ0) is 15.4. The van der Waals surface area contributed by atoms with Gasteiger partial charge in [0, 0.05) is 17.8 Å². The molecular formula is C15H17FN4O. The maximum absolute atomic E-state index is 13.4. The number of anilines is 1. The Morgan fingerprint density at radius 3 is 2.76 bits per heavy atom. The van der Waals surface area contributed by atoms with Gasteiger partial charge in [-0.05, 0) is 37.6 Å². The highest BCUT2D eigenvalue weighted by atomic mass is 19.1. The molecule has 0 saturated carbocycles. The van der Waals surface area contributed by atoms with Crippen LogP contribution in [0.4, 0.5) is 10.1 Å². The van der Waals surface area contributed by atoms with Crippen molar-refractivity contribution in [3.8, 4) is 0 Å². The van der Waals surface area contributed by atoms with E-state index in [9.17, 15) is 9.18 Å². The lowest BCUT2D eigenvalue weighted by Gasteiger charge is -2.10. The number of aromatic nitrogens is 2. The molecule has 1 heterocycles. The van der Waals surface area contributed by atoms with Gasteiger partial charge in [-0.2, -0.15) is 10.2 Å². The van der Waals surface area contributed by atoms with E-state index in [0.717, 1.165) is 0 Å². The first-order valence-electron chi connectivity index (χ1n) is 6.68. The highest BCUT2D eigenvalue weighted by molar-refractivity contribution is 6.05. The lowest BCUT2D eigenvalue weighted by Crippen LogP contribution is -2.16. The number of nitrogens with two attached hydrogens (primary N) is 1. The zero-order valence-corrected chi connectivity index (χ0v) is 12.0. The van der Waals surface area contributed by atoms with Crippen LogP contribution >= 0.6 is 0 Å². The van der Waals surface area contributed by atoms with E-state index in [4.69, 9.17) is 5.73 Å². The number of nitrogens with zero attached hydrogens (tertiary/aromatic N) is 2. The normalized spacial score (nSPS) is 10.5. The van der Waals surface area contributed by atoms with Crippen molar-refractivity contribution in [1.82, 2.24) is 10.2 Å². The molecule has 1 aromatic carbocycles. The molecule has 2 aromatic rings. The minimum absolute atomic E-state index is 0.0751. The third kappa shape index (κ3) is 3.41. The summed E-state index contributed by atoms with van der Waals surface area (Å²) in [6, 6.07) is 6.00. The third-order valence-corrected chi connectivity index (χ3v) is 3.10. The molecule has 0 bridgehead atoms. The monoisotopic (exact) mass is 288 g/mol. The van der Waals surface area contributed by atoms with Gasteiger partial charge in [-0.1, -0.05) is 6.92 Å². The summed E-state index contributed by atoms with van der Waals surface area (Å²) in [5.41, 5.74) is 8.07. The summed E-state index contributed by atoms with van der Waals surface area (Å²) >= 11 is 0. The van der Waals surface area contributed by atoms with Crippen LogP contribution in [-0.2, 0) is 13.0 Å². The number of carbonyl (C=O) groups excluding carboxylic acids is 1. The maximum atomic E-state index is 13.4. The van der Waals surface area contributed by atoms with E-state index in [1.54, 1.807) is 13.0 Å². The summed E-state index contributed by atoms with van der Waals surface area (Å²) in [6.45, 7) is 3.75. The Kier molecular flexibility index (Phi) is 4.59.